The highest BCUT2D eigenvalue weighted by molar-refractivity contribution is 6.31. The Kier molecular flexibility index (Phi) is 7.40. The summed E-state index contributed by atoms with van der Waals surface area (Å²) in [5.41, 5.74) is 4.01. The van der Waals surface area contributed by atoms with Crippen molar-refractivity contribution in [2.24, 2.45) is 5.92 Å². The van der Waals surface area contributed by atoms with E-state index >= 15 is 0 Å². The standard InChI is InChI=1S/C31H30Cl2N2O5/c1-31(2)38-17-19(18-39-31)16-37-23-8-3-20(4-9-23)29-28-25(26-15-22(33)7-12-27(26)34-28)13-14-35(29)30(36)40-24-10-5-21(32)6-11-24/h3-12,15,19,29,34H,13-14,16-18H2,1-2H3. The predicted molar refractivity (Wildman–Crippen MR) is 154 cm³/mol. The van der Waals surface area contributed by atoms with Crippen LogP contribution in [0.25, 0.3) is 10.9 Å². The molecular formula is C31H30Cl2N2O5. The SMILES string of the molecule is CC1(C)OCC(COc2ccc(C3c4[nH]c5ccc(Cl)cc5c4CCN3C(=O)Oc3ccc(Cl)cc3)cc2)CO1. The first-order chi connectivity index (χ1) is 19.3. The molecule has 1 saturated heterocycles. The van der Waals surface area contributed by atoms with Crippen molar-refractivity contribution in [2.75, 3.05) is 26.4 Å². The molecule has 2 aliphatic heterocycles. The number of nitrogens with one attached hydrogen (secondary N) is 1. The smallest absolute Gasteiger partial charge is 0.416 e. The topological polar surface area (TPSA) is 73.0 Å². The number of benzene rings is 3. The first kappa shape index (κ1) is 27.0. The Bertz CT molecular complexity index is 1510. The molecule has 1 aromatic heterocycles. The van der Waals surface area contributed by atoms with Crippen molar-refractivity contribution in [3.63, 3.8) is 0 Å². The van der Waals surface area contributed by atoms with Crippen LogP contribution in [0.15, 0.2) is 66.7 Å². The van der Waals surface area contributed by atoms with Crippen LogP contribution < -0.4 is 9.47 Å². The second-order valence-corrected chi connectivity index (χ2v) is 11.5. The summed E-state index contributed by atoms with van der Waals surface area (Å²) < 4.78 is 23.3. The van der Waals surface area contributed by atoms with Crippen LogP contribution in [0.2, 0.25) is 10.0 Å². The van der Waals surface area contributed by atoms with Crippen LogP contribution in [0.4, 0.5) is 4.79 Å². The van der Waals surface area contributed by atoms with Crippen molar-refractivity contribution in [1.82, 2.24) is 9.88 Å². The second kappa shape index (κ2) is 11.0. The maximum absolute atomic E-state index is 13.5. The zero-order valence-corrected chi connectivity index (χ0v) is 23.8. The molecule has 3 aromatic carbocycles. The third kappa shape index (κ3) is 5.65. The zero-order valence-electron chi connectivity index (χ0n) is 22.3. The molecule has 1 atom stereocenters. The lowest BCUT2D eigenvalue weighted by atomic mass is 9.92. The summed E-state index contributed by atoms with van der Waals surface area (Å²) in [7, 11) is 0. The number of rotatable bonds is 5. The Balaban J connectivity index is 1.26. The van der Waals surface area contributed by atoms with Gasteiger partial charge in [-0.25, -0.2) is 4.79 Å². The first-order valence-corrected chi connectivity index (χ1v) is 14.1. The lowest BCUT2D eigenvalue weighted by Gasteiger charge is -2.35. The number of amides is 1. The van der Waals surface area contributed by atoms with Crippen LogP contribution in [0.3, 0.4) is 0 Å². The molecule has 9 heteroatoms. The first-order valence-electron chi connectivity index (χ1n) is 13.3. The number of halogens is 2. The maximum atomic E-state index is 13.5. The van der Waals surface area contributed by atoms with Gasteiger partial charge in [-0.15, -0.1) is 0 Å². The lowest BCUT2D eigenvalue weighted by molar-refractivity contribution is -0.264. The van der Waals surface area contributed by atoms with Crippen LogP contribution in [0, 0.1) is 5.92 Å². The van der Waals surface area contributed by atoms with Gasteiger partial charge in [0.25, 0.3) is 0 Å². The van der Waals surface area contributed by atoms with E-state index in [9.17, 15) is 4.79 Å². The van der Waals surface area contributed by atoms with E-state index in [1.807, 2.05) is 56.3 Å². The molecule has 0 saturated carbocycles. The molecule has 2 aliphatic rings. The molecule has 6 rings (SSSR count). The maximum Gasteiger partial charge on any atom is 0.416 e. The van der Waals surface area contributed by atoms with Gasteiger partial charge in [0.1, 0.15) is 17.5 Å². The van der Waals surface area contributed by atoms with Gasteiger partial charge in [0, 0.05) is 39.1 Å². The second-order valence-electron chi connectivity index (χ2n) is 10.6. The number of ether oxygens (including phenoxy) is 4. The van der Waals surface area contributed by atoms with Gasteiger partial charge in [-0.1, -0.05) is 35.3 Å². The summed E-state index contributed by atoms with van der Waals surface area (Å²) in [6.45, 7) is 5.98. The van der Waals surface area contributed by atoms with Gasteiger partial charge in [-0.05, 0) is 86.0 Å². The Hall–Kier alpha value is -3.23. The molecule has 4 aromatic rings. The van der Waals surface area contributed by atoms with Crippen molar-refractivity contribution >= 4 is 40.2 Å². The number of hydrogen-bond donors (Lipinski definition) is 1. The average molecular weight is 581 g/mol. The minimum Gasteiger partial charge on any atom is -0.493 e. The van der Waals surface area contributed by atoms with Gasteiger partial charge in [0.05, 0.1) is 19.8 Å². The number of fused-ring (bicyclic) bond motifs is 3. The molecule has 1 fully saturated rings. The van der Waals surface area contributed by atoms with Crippen LogP contribution in [0.1, 0.15) is 36.7 Å². The van der Waals surface area contributed by atoms with Gasteiger partial charge in [-0.2, -0.15) is 0 Å². The van der Waals surface area contributed by atoms with E-state index in [1.54, 1.807) is 29.2 Å². The Labute approximate surface area is 242 Å². The van der Waals surface area contributed by atoms with Crippen LogP contribution in [-0.2, 0) is 15.9 Å². The number of hydrogen-bond acceptors (Lipinski definition) is 5. The van der Waals surface area contributed by atoms with E-state index < -0.39 is 11.9 Å². The van der Waals surface area contributed by atoms with Gasteiger partial charge < -0.3 is 23.9 Å². The molecule has 7 nitrogen and oxygen atoms in total. The summed E-state index contributed by atoms with van der Waals surface area (Å²) in [6, 6.07) is 20.0. The summed E-state index contributed by atoms with van der Waals surface area (Å²) in [5.74, 6) is 0.782. The number of aromatic amines is 1. The quantitative estimate of drug-likeness (QED) is 0.266. The predicted octanol–water partition coefficient (Wildman–Crippen LogP) is 7.40. The fraction of sp³-hybridized carbons (Fsp3) is 0.323. The van der Waals surface area contributed by atoms with Crippen LogP contribution in [-0.4, -0.2) is 48.1 Å². The van der Waals surface area contributed by atoms with Gasteiger partial charge in [0.2, 0.25) is 0 Å². The van der Waals surface area contributed by atoms with E-state index in [0.717, 1.165) is 33.5 Å². The van der Waals surface area contributed by atoms with Crippen LogP contribution >= 0.6 is 23.2 Å². The third-order valence-electron chi connectivity index (χ3n) is 7.36. The zero-order chi connectivity index (χ0) is 27.9. The average Bonchev–Trinajstić information content (AvgIpc) is 3.31. The fourth-order valence-corrected chi connectivity index (χ4v) is 5.55. The molecule has 0 bridgehead atoms. The Morgan fingerprint density at radius 1 is 0.975 bits per heavy atom. The van der Waals surface area contributed by atoms with Crippen molar-refractivity contribution in [1.29, 1.82) is 0 Å². The molecule has 1 amide bonds. The summed E-state index contributed by atoms with van der Waals surface area (Å²) in [6.07, 6.45) is 0.237. The molecule has 208 valence electrons. The van der Waals surface area contributed by atoms with E-state index in [2.05, 4.69) is 4.98 Å². The van der Waals surface area contributed by atoms with Crippen molar-refractivity contribution in [2.45, 2.75) is 32.1 Å². The van der Waals surface area contributed by atoms with Gasteiger partial charge in [-0.3, -0.25) is 4.90 Å². The normalized spacial score (nSPS) is 18.9. The Morgan fingerprint density at radius 2 is 1.65 bits per heavy atom. The molecule has 1 unspecified atom stereocenters. The number of carbonyl (C=O) groups excluding carboxylic acids is 1. The van der Waals surface area contributed by atoms with E-state index in [1.165, 1.54) is 0 Å². The molecule has 1 N–H and O–H groups in total. The molecule has 40 heavy (non-hydrogen) atoms. The molecule has 0 aliphatic carbocycles. The highest BCUT2D eigenvalue weighted by atomic mass is 35.5. The summed E-state index contributed by atoms with van der Waals surface area (Å²) in [4.78, 5) is 18.8. The molecule has 3 heterocycles. The number of H-pyrrole nitrogens is 1. The largest absolute Gasteiger partial charge is 0.493 e. The lowest BCUT2D eigenvalue weighted by Crippen LogP contribution is -2.42. The third-order valence-corrected chi connectivity index (χ3v) is 7.84. The van der Waals surface area contributed by atoms with Crippen molar-refractivity contribution in [3.05, 3.63) is 93.6 Å². The van der Waals surface area contributed by atoms with Crippen LogP contribution in [0.5, 0.6) is 11.5 Å². The summed E-state index contributed by atoms with van der Waals surface area (Å²) >= 11 is 12.3. The van der Waals surface area contributed by atoms with Crippen molar-refractivity contribution in [3.8, 4) is 11.5 Å². The van der Waals surface area contributed by atoms with Gasteiger partial charge >= 0.3 is 6.09 Å². The minimum atomic E-state index is -0.550. The van der Waals surface area contributed by atoms with Crippen molar-refractivity contribution < 1.29 is 23.7 Å². The highest BCUT2D eigenvalue weighted by Crippen LogP contribution is 2.40. The number of aromatic nitrogens is 1. The molecular weight excluding hydrogens is 551 g/mol. The van der Waals surface area contributed by atoms with E-state index in [4.69, 9.17) is 42.1 Å². The highest BCUT2D eigenvalue weighted by Gasteiger charge is 2.36. The summed E-state index contributed by atoms with van der Waals surface area (Å²) in [5, 5.41) is 2.32. The number of nitrogens with zero attached hydrogens (tertiary/aromatic N) is 1. The van der Waals surface area contributed by atoms with E-state index in [-0.39, 0.29) is 12.0 Å². The Morgan fingerprint density at radius 3 is 2.38 bits per heavy atom. The minimum absolute atomic E-state index is 0.157. The monoisotopic (exact) mass is 580 g/mol. The number of carbonyl (C=O) groups is 1. The van der Waals surface area contributed by atoms with Gasteiger partial charge in [0.15, 0.2) is 5.79 Å². The van der Waals surface area contributed by atoms with E-state index in [0.29, 0.717) is 48.6 Å². The molecule has 0 radical (unpaired) electrons. The fourth-order valence-electron chi connectivity index (χ4n) is 5.25. The molecule has 0 spiro atoms.